The molecule has 0 fully saturated rings. The minimum atomic E-state index is -0.545. The average Bonchev–Trinajstić information content (AvgIpc) is 4.17. The van der Waals surface area contributed by atoms with E-state index in [2.05, 4.69) is 325 Å². The third-order valence-electron chi connectivity index (χ3n) is 16.5. The number of anilines is 3. The summed E-state index contributed by atoms with van der Waals surface area (Å²) in [7, 11) is 0. The van der Waals surface area contributed by atoms with Crippen LogP contribution in [-0.2, 0) is 5.41 Å². The lowest BCUT2D eigenvalue weighted by atomic mass is 9.68. The Kier molecular flexibility index (Phi) is 11.1. The first kappa shape index (κ1) is 46.1. The third-order valence-corrected chi connectivity index (χ3v) is 16.5. The molecule has 0 atom stereocenters. The van der Waals surface area contributed by atoms with E-state index in [1.165, 1.54) is 93.8 Å². The smallest absolute Gasteiger partial charge is 0.0714 e. The molecular formula is C77H52N2. The normalized spacial score (nSPS) is 12.4. The van der Waals surface area contributed by atoms with Crippen LogP contribution in [0.4, 0.5) is 17.1 Å². The second-order valence-corrected chi connectivity index (χ2v) is 20.7. The summed E-state index contributed by atoms with van der Waals surface area (Å²) in [4.78, 5) is 2.48. The lowest BCUT2D eigenvalue weighted by molar-refractivity contribution is 0.768. The highest BCUT2D eigenvalue weighted by atomic mass is 15.1. The lowest BCUT2D eigenvalue weighted by Gasteiger charge is -2.34. The molecule has 14 aromatic rings. The molecule has 2 heteroatoms. The van der Waals surface area contributed by atoms with Crippen molar-refractivity contribution in [2.45, 2.75) is 5.41 Å². The largest absolute Gasteiger partial charge is 0.310 e. The van der Waals surface area contributed by atoms with Crippen molar-refractivity contribution in [2.75, 3.05) is 4.90 Å². The molecule has 1 aromatic heterocycles. The van der Waals surface area contributed by atoms with E-state index < -0.39 is 5.41 Å². The van der Waals surface area contributed by atoms with Crippen LogP contribution in [0.3, 0.4) is 0 Å². The fourth-order valence-corrected chi connectivity index (χ4v) is 13.0. The predicted molar refractivity (Wildman–Crippen MR) is 332 cm³/mol. The Hall–Kier alpha value is -10.3. The van der Waals surface area contributed by atoms with E-state index in [1.54, 1.807) is 0 Å². The maximum absolute atomic E-state index is 2.48. The van der Waals surface area contributed by atoms with Gasteiger partial charge in [-0.15, -0.1) is 0 Å². The van der Waals surface area contributed by atoms with Crippen LogP contribution < -0.4 is 4.90 Å². The molecule has 0 bridgehead atoms. The summed E-state index contributed by atoms with van der Waals surface area (Å²) < 4.78 is 2.45. The highest BCUT2D eigenvalue weighted by Crippen LogP contribution is 2.59. The van der Waals surface area contributed by atoms with Gasteiger partial charge in [0.1, 0.15) is 0 Å². The molecule has 0 saturated heterocycles. The van der Waals surface area contributed by atoms with Gasteiger partial charge in [0, 0.05) is 38.8 Å². The van der Waals surface area contributed by atoms with Crippen LogP contribution in [0.25, 0.3) is 93.9 Å². The van der Waals surface area contributed by atoms with Crippen LogP contribution in [0, 0.1) is 0 Å². The van der Waals surface area contributed by atoms with E-state index in [0.29, 0.717) is 0 Å². The molecule has 13 aromatic carbocycles. The van der Waals surface area contributed by atoms with Crippen molar-refractivity contribution in [3.8, 4) is 61.3 Å². The van der Waals surface area contributed by atoms with Gasteiger partial charge in [0.05, 0.1) is 22.1 Å². The Bertz CT molecular complexity index is 4520. The number of aromatic nitrogens is 1. The van der Waals surface area contributed by atoms with Gasteiger partial charge in [-0.05, 0) is 126 Å². The zero-order valence-electron chi connectivity index (χ0n) is 43.4. The van der Waals surface area contributed by atoms with Crippen molar-refractivity contribution in [2.24, 2.45) is 0 Å². The van der Waals surface area contributed by atoms with E-state index in [0.717, 1.165) is 39.4 Å². The van der Waals surface area contributed by atoms with Crippen LogP contribution in [0.5, 0.6) is 0 Å². The molecule has 1 aliphatic rings. The van der Waals surface area contributed by atoms with Gasteiger partial charge in [-0.25, -0.2) is 0 Å². The number of benzene rings is 13. The summed E-state index contributed by atoms with van der Waals surface area (Å²) in [6.07, 6.45) is 0. The summed E-state index contributed by atoms with van der Waals surface area (Å²) in [5.74, 6) is 0. The molecule has 79 heavy (non-hydrogen) atoms. The fraction of sp³-hybridized carbons (Fsp3) is 0.0130. The first-order valence-electron chi connectivity index (χ1n) is 27.3. The molecule has 370 valence electrons. The second-order valence-electron chi connectivity index (χ2n) is 20.7. The number of fused-ring (bicyclic) bond motifs is 8. The molecule has 0 N–H and O–H groups in total. The molecular weight excluding hydrogens is 953 g/mol. The van der Waals surface area contributed by atoms with Crippen molar-refractivity contribution in [1.29, 1.82) is 0 Å². The number of hydrogen-bond donors (Lipinski definition) is 0. The fourth-order valence-electron chi connectivity index (χ4n) is 13.0. The van der Waals surface area contributed by atoms with Crippen molar-refractivity contribution in [1.82, 2.24) is 4.57 Å². The van der Waals surface area contributed by atoms with Crippen molar-refractivity contribution in [3.05, 3.63) is 338 Å². The van der Waals surface area contributed by atoms with Gasteiger partial charge in [-0.1, -0.05) is 267 Å². The Morgan fingerprint density at radius 1 is 0.291 bits per heavy atom. The quantitative estimate of drug-likeness (QED) is 0.133. The molecule has 0 radical (unpaired) electrons. The maximum atomic E-state index is 2.48. The Balaban J connectivity index is 0.907. The van der Waals surface area contributed by atoms with Gasteiger partial charge in [0.2, 0.25) is 0 Å². The highest BCUT2D eigenvalue weighted by molar-refractivity contribution is 6.19. The SMILES string of the molecule is c1ccc(-c2ccccc2-c2ccccc2-c2ccc(N(c3ccc(-c4ccc5c6ccc7ccccc7c6n(-c6ccccc6)c5c4)cc3)c3cccc4c3-c3ccccc3C4(c3ccccc3)c3ccccc3)cc2)cc1. The molecule has 0 amide bonds. The molecule has 1 heterocycles. The molecule has 0 aliphatic heterocycles. The summed E-state index contributed by atoms with van der Waals surface area (Å²) in [5, 5.41) is 4.97. The minimum absolute atomic E-state index is 0.545. The van der Waals surface area contributed by atoms with Crippen LogP contribution in [0.1, 0.15) is 22.3 Å². The van der Waals surface area contributed by atoms with Crippen molar-refractivity contribution >= 4 is 49.6 Å². The first-order valence-corrected chi connectivity index (χ1v) is 27.3. The molecule has 1 aliphatic carbocycles. The molecule has 0 spiro atoms. The van der Waals surface area contributed by atoms with Gasteiger partial charge in [-0.3, -0.25) is 0 Å². The number of nitrogens with zero attached hydrogens (tertiary/aromatic N) is 2. The Morgan fingerprint density at radius 3 is 1.42 bits per heavy atom. The maximum Gasteiger partial charge on any atom is 0.0714 e. The van der Waals surface area contributed by atoms with Crippen molar-refractivity contribution in [3.63, 3.8) is 0 Å². The Labute approximate surface area is 461 Å². The van der Waals surface area contributed by atoms with Gasteiger partial charge >= 0.3 is 0 Å². The average molecular weight is 1010 g/mol. The third kappa shape index (κ3) is 7.48. The van der Waals surface area contributed by atoms with Crippen LogP contribution >= 0.6 is 0 Å². The summed E-state index contributed by atoms with van der Waals surface area (Å²) in [5.41, 5.74) is 23.3. The highest BCUT2D eigenvalue weighted by Gasteiger charge is 2.47. The number of rotatable bonds is 10. The van der Waals surface area contributed by atoms with Gasteiger partial charge in [0.25, 0.3) is 0 Å². The van der Waals surface area contributed by atoms with Gasteiger partial charge in [0.15, 0.2) is 0 Å². The van der Waals surface area contributed by atoms with E-state index in [1.807, 2.05) is 0 Å². The zero-order chi connectivity index (χ0) is 52.3. The van der Waals surface area contributed by atoms with Crippen molar-refractivity contribution < 1.29 is 0 Å². The lowest BCUT2D eigenvalue weighted by Crippen LogP contribution is -2.28. The predicted octanol–water partition coefficient (Wildman–Crippen LogP) is 20.4. The first-order chi connectivity index (χ1) is 39.2. The van der Waals surface area contributed by atoms with E-state index in [-0.39, 0.29) is 0 Å². The van der Waals surface area contributed by atoms with Gasteiger partial charge < -0.3 is 9.47 Å². The van der Waals surface area contributed by atoms with Crippen LogP contribution in [0.2, 0.25) is 0 Å². The molecule has 0 unspecified atom stereocenters. The van der Waals surface area contributed by atoms with Crippen LogP contribution in [0.15, 0.2) is 315 Å². The minimum Gasteiger partial charge on any atom is -0.310 e. The topological polar surface area (TPSA) is 8.17 Å². The van der Waals surface area contributed by atoms with E-state index in [4.69, 9.17) is 0 Å². The summed E-state index contributed by atoms with van der Waals surface area (Å²) in [6.45, 7) is 0. The zero-order valence-corrected chi connectivity index (χ0v) is 43.4. The Morgan fingerprint density at radius 2 is 0.772 bits per heavy atom. The standard InChI is InChI=1S/C77H52N2/c1-5-22-54(23-6-1)63-31-15-17-34-66(63)67-35-18-16-32-64(67)56-42-48-62(49-43-56)78(73-39-21-38-72-75(73)70-36-19-20-37-71(70)77(72,58-25-7-2-8-26-58)59-27-9-3-10-28-59)61-46-40-53(41-47-61)57-45-50-68-69-51-44-55-24-13-14-33-65(55)76(69)79(74(68)52-57)60-29-11-4-12-30-60/h1-52H. The number of hydrogen-bond acceptors (Lipinski definition) is 1. The second kappa shape index (κ2) is 19.1. The van der Waals surface area contributed by atoms with E-state index >= 15 is 0 Å². The summed E-state index contributed by atoms with van der Waals surface area (Å²) in [6, 6.07) is 116. The summed E-state index contributed by atoms with van der Waals surface area (Å²) >= 11 is 0. The van der Waals surface area contributed by atoms with Crippen LogP contribution in [-0.4, -0.2) is 4.57 Å². The molecule has 2 nitrogen and oxygen atoms in total. The molecule has 0 saturated carbocycles. The van der Waals surface area contributed by atoms with Gasteiger partial charge in [-0.2, -0.15) is 0 Å². The monoisotopic (exact) mass is 1000 g/mol. The number of para-hydroxylation sites is 1. The van der Waals surface area contributed by atoms with E-state index in [9.17, 15) is 0 Å². The molecule has 15 rings (SSSR count).